The lowest BCUT2D eigenvalue weighted by Gasteiger charge is -2.36. The molecule has 0 aliphatic carbocycles. The molecule has 14 heavy (non-hydrogen) atoms. The SMILES string of the molecule is CC1CNCCN1c1ccccc1Br. The maximum absolute atomic E-state index is 3.60. The Bertz CT molecular complexity index is 314. The van der Waals surface area contributed by atoms with Crippen LogP contribution in [0.5, 0.6) is 0 Å². The summed E-state index contributed by atoms with van der Waals surface area (Å²) in [5.41, 5.74) is 1.31. The summed E-state index contributed by atoms with van der Waals surface area (Å²) in [4.78, 5) is 2.45. The molecule has 0 spiro atoms. The fraction of sp³-hybridized carbons (Fsp3) is 0.455. The van der Waals surface area contributed by atoms with Gasteiger partial charge in [-0.25, -0.2) is 0 Å². The van der Waals surface area contributed by atoms with E-state index in [-0.39, 0.29) is 0 Å². The van der Waals surface area contributed by atoms with E-state index >= 15 is 0 Å². The minimum absolute atomic E-state index is 0.572. The molecule has 0 radical (unpaired) electrons. The molecule has 2 nitrogen and oxygen atoms in total. The zero-order valence-electron chi connectivity index (χ0n) is 8.33. The summed E-state index contributed by atoms with van der Waals surface area (Å²) >= 11 is 3.60. The van der Waals surface area contributed by atoms with Gasteiger partial charge in [-0.2, -0.15) is 0 Å². The van der Waals surface area contributed by atoms with Crippen molar-refractivity contribution in [2.45, 2.75) is 13.0 Å². The van der Waals surface area contributed by atoms with E-state index in [2.05, 4.69) is 57.3 Å². The van der Waals surface area contributed by atoms with Gasteiger partial charge in [-0.3, -0.25) is 0 Å². The molecule has 1 aromatic rings. The van der Waals surface area contributed by atoms with Crippen molar-refractivity contribution in [3.63, 3.8) is 0 Å². The van der Waals surface area contributed by atoms with Crippen molar-refractivity contribution >= 4 is 21.6 Å². The van der Waals surface area contributed by atoms with Gasteiger partial charge in [0.15, 0.2) is 0 Å². The van der Waals surface area contributed by atoms with Crippen LogP contribution >= 0.6 is 15.9 Å². The highest BCUT2D eigenvalue weighted by Gasteiger charge is 2.19. The second-order valence-electron chi connectivity index (χ2n) is 3.70. The van der Waals surface area contributed by atoms with E-state index in [9.17, 15) is 0 Å². The summed E-state index contributed by atoms with van der Waals surface area (Å²) in [5.74, 6) is 0. The van der Waals surface area contributed by atoms with E-state index in [1.54, 1.807) is 0 Å². The molecule has 2 rings (SSSR count). The van der Waals surface area contributed by atoms with Gasteiger partial charge in [0.25, 0.3) is 0 Å². The maximum atomic E-state index is 3.60. The Balaban J connectivity index is 2.25. The van der Waals surface area contributed by atoms with Crippen molar-refractivity contribution in [3.05, 3.63) is 28.7 Å². The largest absolute Gasteiger partial charge is 0.365 e. The Hall–Kier alpha value is -0.540. The Morgan fingerprint density at radius 1 is 1.43 bits per heavy atom. The van der Waals surface area contributed by atoms with E-state index in [4.69, 9.17) is 0 Å². The predicted molar refractivity (Wildman–Crippen MR) is 63.8 cm³/mol. The lowest BCUT2D eigenvalue weighted by molar-refractivity contribution is 0.500. The van der Waals surface area contributed by atoms with Crippen LogP contribution in [-0.4, -0.2) is 25.7 Å². The minimum atomic E-state index is 0.572. The van der Waals surface area contributed by atoms with Gasteiger partial charge in [-0.1, -0.05) is 12.1 Å². The van der Waals surface area contributed by atoms with Crippen LogP contribution in [0.2, 0.25) is 0 Å². The topological polar surface area (TPSA) is 15.3 Å². The Morgan fingerprint density at radius 2 is 2.21 bits per heavy atom. The number of para-hydroxylation sites is 1. The summed E-state index contributed by atoms with van der Waals surface area (Å²) < 4.78 is 1.19. The standard InChI is InChI=1S/C11H15BrN2/c1-9-8-13-6-7-14(9)11-5-3-2-4-10(11)12/h2-5,9,13H,6-8H2,1H3. The number of halogens is 1. The van der Waals surface area contributed by atoms with Crippen LogP contribution < -0.4 is 10.2 Å². The molecular weight excluding hydrogens is 240 g/mol. The molecule has 1 aromatic carbocycles. The van der Waals surface area contributed by atoms with Crippen molar-refractivity contribution < 1.29 is 0 Å². The van der Waals surface area contributed by atoms with Crippen LogP contribution in [0.3, 0.4) is 0 Å². The van der Waals surface area contributed by atoms with Gasteiger partial charge < -0.3 is 10.2 Å². The van der Waals surface area contributed by atoms with Gasteiger partial charge in [0, 0.05) is 30.1 Å². The van der Waals surface area contributed by atoms with Crippen molar-refractivity contribution in [2.75, 3.05) is 24.5 Å². The molecule has 0 amide bonds. The summed E-state index contributed by atoms with van der Waals surface area (Å²) in [6.45, 7) is 5.49. The van der Waals surface area contributed by atoms with Gasteiger partial charge in [0.05, 0.1) is 5.69 Å². The minimum Gasteiger partial charge on any atom is -0.365 e. The van der Waals surface area contributed by atoms with E-state index in [1.807, 2.05) is 0 Å². The van der Waals surface area contributed by atoms with E-state index in [0.29, 0.717) is 6.04 Å². The molecule has 0 aromatic heterocycles. The summed E-state index contributed by atoms with van der Waals surface area (Å²) in [7, 11) is 0. The Labute approximate surface area is 93.4 Å². The van der Waals surface area contributed by atoms with Crippen molar-refractivity contribution in [1.82, 2.24) is 5.32 Å². The number of benzene rings is 1. The molecule has 1 aliphatic rings. The molecule has 1 aliphatic heterocycles. The van der Waals surface area contributed by atoms with Crippen molar-refractivity contribution in [3.8, 4) is 0 Å². The summed E-state index contributed by atoms with van der Waals surface area (Å²) in [5, 5.41) is 3.40. The average molecular weight is 255 g/mol. The fourth-order valence-corrected chi connectivity index (χ4v) is 2.40. The molecule has 1 N–H and O–H groups in total. The van der Waals surface area contributed by atoms with E-state index in [0.717, 1.165) is 19.6 Å². The van der Waals surface area contributed by atoms with E-state index in [1.165, 1.54) is 10.2 Å². The number of hydrogen-bond donors (Lipinski definition) is 1. The van der Waals surface area contributed by atoms with Gasteiger partial charge >= 0.3 is 0 Å². The van der Waals surface area contributed by atoms with Crippen LogP contribution in [0.4, 0.5) is 5.69 Å². The highest BCUT2D eigenvalue weighted by Crippen LogP contribution is 2.27. The van der Waals surface area contributed by atoms with Gasteiger partial charge in [-0.05, 0) is 35.0 Å². The zero-order chi connectivity index (χ0) is 9.97. The first-order valence-electron chi connectivity index (χ1n) is 5.01. The van der Waals surface area contributed by atoms with Crippen LogP contribution in [0, 0.1) is 0 Å². The Morgan fingerprint density at radius 3 is 2.93 bits per heavy atom. The van der Waals surface area contributed by atoms with Crippen LogP contribution in [0.25, 0.3) is 0 Å². The third-order valence-electron chi connectivity index (χ3n) is 2.66. The summed E-state index contributed by atoms with van der Waals surface area (Å²) in [6, 6.07) is 8.99. The van der Waals surface area contributed by atoms with Crippen molar-refractivity contribution in [1.29, 1.82) is 0 Å². The number of piperazine rings is 1. The van der Waals surface area contributed by atoms with Crippen molar-refractivity contribution in [2.24, 2.45) is 0 Å². The smallest absolute Gasteiger partial charge is 0.0513 e. The molecule has 1 atom stereocenters. The highest BCUT2D eigenvalue weighted by molar-refractivity contribution is 9.10. The third-order valence-corrected chi connectivity index (χ3v) is 3.33. The lowest BCUT2D eigenvalue weighted by atomic mass is 10.2. The second-order valence-corrected chi connectivity index (χ2v) is 4.55. The van der Waals surface area contributed by atoms with Crippen LogP contribution in [0.15, 0.2) is 28.7 Å². The number of rotatable bonds is 1. The first kappa shape index (κ1) is 9.99. The molecule has 1 fully saturated rings. The fourth-order valence-electron chi connectivity index (χ4n) is 1.88. The molecule has 0 saturated carbocycles. The number of nitrogens with one attached hydrogen (secondary N) is 1. The van der Waals surface area contributed by atoms with E-state index < -0.39 is 0 Å². The van der Waals surface area contributed by atoms with Gasteiger partial charge in [0.2, 0.25) is 0 Å². The molecule has 76 valence electrons. The first-order chi connectivity index (χ1) is 6.79. The second kappa shape index (κ2) is 4.32. The first-order valence-corrected chi connectivity index (χ1v) is 5.80. The number of nitrogens with zero attached hydrogens (tertiary/aromatic N) is 1. The lowest BCUT2D eigenvalue weighted by Crippen LogP contribution is -2.50. The van der Waals surface area contributed by atoms with Crippen LogP contribution in [-0.2, 0) is 0 Å². The number of anilines is 1. The maximum Gasteiger partial charge on any atom is 0.0513 e. The molecule has 0 bridgehead atoms. The van der Waals surface area contributed by atoms with Gasteiger partial charge in [0.1, 0.15) is 0 Å². The average Bonchev–Trinajstić information content (AvgIpc) is 2.20. The molecular formula is C11H15BrN2. The normalized spacial score (nSPS) is 22.4. The third kappa shape index (κ3) is 1.93. The van der Waals surface area contributed by atoms with Gasteiger partial charge in [-0.15, -0.1) is 0 Å². The molecule has 1 unspecified atom stereocenters. The molecule has 3 heteroatoms. The summed E-state index contributed by atoms with van der Waals surface area (Å²) in [6.07, 6.45) is 0. The number of hydrogen-bond acceptors (Lipinski definition) is 2. The predicted octanol–water partition coefficient (Wildman–Crippen LogP) is 2.25. The Kier molecular flexibility index (Phi) is 3.08. The highest BCUT2D eigenvalue weighted by atomic mass is 79.9. The van der Waals surface area contributed by atoms with Crippen LogP contribution in [0.1, 0.15) is 6.92 Å². The molecule has 1 saturated heterocycles. The zero-order valence-corrected chi connectivity index (χ0v) is 9.92. The molecule has 1 heterocycles. The quantitative estimate of drug-likeness (QED) is 0.828. The monoisotopic (exact) mass is 254 g/mol.